The summed E-state index contributed by atoms with van der Waals surface area (Å²) in [6.07, 6.45) is 0. The van der Waals surface area contributed by atoms with E-state index in [-0.39, 0.29) is 5.43 Å². The van der Waals surface area contributed by atoms with Crippen molar-refractivity contribution in [1.29, 1.82) is 0 Å². The van der Waals surface area contributed by atoms with Crippen LogP contribution in [0.15, 0.2) is 69.9 Å². The summed E-state index contributed by atoms with van der Waals surface area (Å²) in [5, 5.41) is 0.618. The molecule has 0 unspecified atom stereocenters. The van der Waals surface area contributed by atoms with Gasteiger partial charge in [-0.1, -0.05) is 42.5 Å². The molecule has 1 heterocycles. The van der Waals surface area contributed by atoms with Crippen LogP contribution in [0.3, 0.4) is 0 Å². The van der Waals surface area contributed by atoms with Crippen molar-refractivity contribution in [2.75, 3.05) is 0 Å². The Balaban J connectivity index is 0.000000309. The molecule has 2 N–H and O–H groups in total. The Morgan fingerprint density at radius 3 is 2.05 bits per heavy atom. The van der Waals surface area contributed by atoms with Gasteiger partial charge in [0, 0.05) is 11.6 Å². The summed E-state index contributed by atoms with van der Waals surface area (Å²) in [4.78, 5) is 11.9. The van der Waals surface area contributed by atoms with E-state index in [0.717, 1.165) is 5.56 Å². The lowest BCUT2D eigenvalue weighted by molar-refractivity contribution is 0.381. The maximum Gasteiger partial charge on any atom is 0.394 e. The molecule has 0 aliphatic heterocycles. The lowest BCUT2D eigenvalue weighted by Gasteiger charge is -2.02. The molecule has 2 aromatic carbocycles. The van der Waals surface area contributed by atoms with Crippen LogP contribution in [0.25, 0.3) is 22.3 Å². The van der Waals surface area contributed by atoms with Gasteiger partial charge in [0.1, 0.15) is 11.3 Å². The molecule has 7 heteroatoms. The van der Waals surface area contributed by atoms with Crippen molar-refractivity contribution >= 4 is 21.4 Å². The second-order valence-electron chi connectivity index (χ2n) is 4.28. The number of para-hydroxylation sites is 1. The minimum Gasteiger partial charge on any atom is -0.456 e. The molecule has 0 atom stereocenters. The maximum atomic E-state index is 11.9. The molecule has 0 aliphatic rings. The van der Waals surface area contributed by atoms with Crippen LogP contribution in [-0.2, 0) is 10.4 Å². The Morgan fingerprint density at radius 1 is 0.864 bits per heavy atom. The molecule has 22 heavy (non-hydrogen) atoms. The highest BCUT2D eigenvalue weighted by Crippen LogP contribution is 2.21. The number of hydrogen-bond donors (Lipinski definition) is 2. The normalized spacial score (nSPS) is 10.8. The molecule has 0 amide bonds. The van der Waals surface area contributed by atoms with Crippen molar-refractivity contribution in [2.24, 2.45) is 0 Å². The lowest BCUT2D eigenvalue weighted by Crippen LogP contribution is -1.99. The lowest BCUT2D eigenvalue weighted by atomic mass is 10.1. The van der Waals surface area contributed by atoms with E-state index in [1.807, 2.05) is 48.5 Å². The van der Waals surface area contributed by atoms with Gasteiger partial charge < -0.3 is 4.42 Å². The highest BCUT2D eigenvalue weighted by Gasteiger charge is 2.05. The number of fused-ring (bicyclic) bond motifs is 1. The molecule has 0 saturated carbocycles. The third-order valence-corrected chi connectivity index (χ3v) is 2.69. The van der Waals surface area contributed by atoms with Gasteiger partial charge in [-0.3, -0.25) is 13.9 Å². The van der Waals surface area contributed by atoms with Crippen LogP contribution in [-0.4, -0.2) is 17.5 Å². The summed E-state index contributed by atoms with van der Waals surface area (Å²) < 4.78 is 37.3. The fourth-order valence-corrected chi connectivity index (χ4v) is 1.85. The largest absolute Gasteiger partial charge is 0.456 e. The van der Waals surface area contributed by atoms with Crippen molar-refractivity contribution < 1.29 is 21.9 Å². The maximum absolute atomic E-state index is 11.9. The minimum atomic E-state index is -4.67. The molecule has 0 fully saturated rings. The van der Waals surface area contributed by atoms with E-state index in [1.54, 1.807) is 6.07 Å². The molecule has 0 radical (unpaired) electrons. The second-order valence-corrected chi connectivity index (χ2v) is 5.18. The van der Waals surface area contributed by atoms with Crippen molar-refractivity contribution in [3.63, 3.8) is 0 Å². The van der Waals surface area contributed by atoms with Crippen LogP contribution in [0, 0.1) is 0 Å². The van der Waals surface area contributed by atoms with E-state index in [2.05, 4.69) is 0 Å². The molecular formula is C15H12O6S. The van der Waals surface area contributed by atoms with Crippen molar-refractivity contribution in [3.05, 3.63) is 70.9 Å². The first-order chi connectivity index (χ1) is 10.3. The van der Waals surface area contributed by atoms with Gasteiger partial charge >= 0.3 is 10.4 Å². The van der Waals surface area contributed by atoms with Crippen LogP contribution in [0.5, 0.6) is 0 Å². The van der Waals surface area contributed by atoms with Crippen LogP contribution >= 0.6 is 0 Å². The summed E-state index contributed by atoms with van der Waals surface area (Å²) in [7, 11) is -4.67. The van der Waals surface area contributed by atoms with E-state index in [9.17, 15) is 4.79 Å². The SMILES string of the molecule is O=S(=O)(O)O.O=c1cc(-c2ccccc2)oc2ccccc12. The molecule has 0 aliphatic carbocycles. The standard InChI is InChI=1S/C15H10O2.H2O4S/c16-13-10-15(11-6-2-1-3-7-11)17-14-9-5-4-8-12(13)14;1-5(2,3)4/h1-10H;(H2,1,2,3,4). The fourth-order valence-electron chi connectivity index (χ4n) is 1.85. The highest BCUT2D eigenvalue weighted by atomic mass is 32.3. The van der Waals surface area contributed by atoms with Crippen molar-refractivity contribution in [3.8, 4) is 11.3 Å². The highest BCUT2D eigenvalue weighted by molar-refractivity contribution is 7.79. The minimum absolute atomic E-state index is 0.00861. The van der Waals surface area contributed by atoms with Crippen LogP contribution in [0.2, 0.25) is 0 Å². The zero-order chi connectivity index (χ0) is 16.2. The Morgan fingerprint density at radius 2 is 1.41 bits per heavy atom. The summed E-state index contributed by atoms with van der Waals surface area (Å²) in [5.74, 6) is 0.606. The Bertz CT molecular complexity index is 921. The summed E-state index contributed by atoms with van der Waals surface area (Å²) >= 11 is 0. The van der Waals surface area contributed by atoms with E-state index in [0.29, 0.717) is 16.7 Å². The molecular weight excluding hydrogens is 308 g/mol. The van der Waals surface area contributed by atoms with Gasteiger partial charge in [0.05, 0.1) is 5.39 Å². The number of hydrogen-bond acceptors (Lipinski definition) is 4. The first-order valence-corrected chi connectivity index (χ1v) is 7.52. The predicted molar refractivity (Wildman–Crippen MR) is 82.1 cm³/mol. The molecule has 114 valence electrons. The zero-order valence-corrected chi connectivity index (χ0v) is 12.0. The Kier molecular flexibility index (Phi) is 4.71. The third kappa shape index (κ3) is 4.52. The molecule has 3 rings (SSSR count). The average molecular weight is 320 g/mol. The molecule has 0 spiro atoms. The molecule has 1 aromatic heterocycles. The van der Waals surface area contributed by atoms with Crippen molar-refractivity contribution in [1.82, 2.24) is 0 Å². The van der Waals surface area contributed by atoms with Gasteiger partial charge in [-0.25, -0.2) is 0 Å². The quantitative estimate of drug-likeness (QED) is 0.668. The van der Waals surface area contributed by atoms with Crippen molar-refractivity contribution in [2.45, 2.75) is 0 Å². The molecule has 3 aromatic rings. The van der Waals surface area contributed by atoms with E-state index < -0.39 is 10.4 Å². The summed E-state index contributed by atoms with van der Waals surface area (Å²) in [5.41, 5.74) is 1.53. The van der Waals surface area contributed by atoms with E-state index in [4.69, 9.17) is 21.9 Å². The molecule has 6 nitrogen and oxygen atoms in total. The second kappa shape index (κ2) is 6.52. The number of benzene rings is 2. The summed E-state index contributed by atoms with van der Waals surface area (Å²) in [6, 6.07) is 18.4. The van der Waals surface area contributed by atoms with Gasteiger partial charge in [0.25, 0.3) is 0 Å². The zero-order valence-electron chi connectivity index (χ0n) is 11.2. The van der Waals surface area contributed by atoms with Gasteiger partial charge in [-0.05, 0) is 12.1 Å². The van der Waals surface area contributed by atoms with Gasteiger partial charge in [-0.15, -0.1) is 0 Å². The molecule has 0 bridgehead atoms. The predicted octanol–water partition coefficient (Wildman–Crippen LogP) is 2.81. The third-order valence-electron chi connectivity index (χ3n) is 2.69. The summed E-state index contributed by atoms with van der Waals surface area (Å²) in [6.45, 7) is 0. The number of rotatable bonds is 1. The Hall–Kier alpha value is -2.48. The average Bonchev–Trinajstić information content (AvgIpc) is 2.46. The van der Waals surface area contributed by atoms with Gasteiger partial charge in [0.2, 0.25) is 0 Å². The van der Waals surface area contributed by atoms with E-state index in [1.165, 1.54) is 6.07 Å². The first-order valence-electron chi connectivity index (χ1n) is 6.13. The first kappa shape index (κ1) is 15.9. The van der Waals surface area contributed by atoms with Gasteiger partial charge in [-0.2, -0.15) is 8.42 Å². The van der Waals surface area contributed by atoms with E-state index >= 15 is 0 Å². The smallest absolute Gasteiger partial charge is 0.394 e. The van der Waals surface area contributed by atoms with Crippen LogP contribution in [0.4, 0.5) is 0 Å². The topological polar surface area (TPSA) is 105 Å². The van der Waals surface area contributed by atoms with Crippen LogP contribution in [0.1, 0.15) is 0 Å². The monoisotopic (exact) mass is 320 g/mol. The van der Waals surface area contributed by atoms with Crippen LogP contribution < -0.4 is 5.43 Å². The Labute approximate surface area is 126 Å². The fraction of sp³-hybridized carbons (Fsp3) is 0. The van der Waals surface area contributed by atoms with Gasteiger partial charge in [0.15, 0.2) is 5.43 Å². The molecule has 0 saturated heterocycles.